The van der Waals surface area contributed by atoms with E-state index in [2.05, 4.69) is 5.32 Å². The van der Waals surface area contributed by atoms with Crippen LogP contribution in [0.3, 0.4) is 0 Å². The smallest absolute Gasteiger partial charge is 0.316 e. The molecule has 100 valence electrons. The van der Waals surface area contributed by atoms with Gasteiger partial charge in [0.25, 0.3) is 5.85 Å². The Hall–Kier alpha value is -1.61. The number of carbonyl (C=O) groups is 3. The summed E-state index contributed by atoms with van der Waals surface area (Å²) in [6.45, 7) is -0.500. The summed E-state index contributed by atoms with van der Waals surface area (Å²) in [5, 5.41) is 20.0. The summed E-state index contributed by atoms with van der Waals surface area (Å²) < 4.78 is 0. The molecule has 1 aliphatic rings. The monoisotopic (exact) mass is 274 g/mol. The van der Waals surface area contributed by atoms with Crippen LogP contribution in [0.2, 0.25) is 0 Å². The largest absolute Gasteiger partial charge is 0.361 e. The van der Waals surface area contributed by atoms with Crippen molar-refractivity contribution in [2.75, 3.05) is 18.6 Å². The molecule has 9 heteroatoms. The Kier molecular flexibility index (Phi) is 4.30. The van der Waals surface area contributed by atoms with Crippen molar-refractivity contribution in [2.45, 2.75) is 12.3 Å². The lowest BCUT2D eigenvalue weighted by Crippen LogP contribution is -2.61. The van der Waals surface area contributed by atoms with Crippen molar-refractivity contribution in [3.8, 4) is 0 Å². The zero-order chi connectivity index (χ0) is 13.9. The summed E-state index contributed by atoms with van der Waals surface area (Å²) >= 11 is 1.44. The van der Waals surface area contributed by atoms with Crippen molar-refractivity contribution in [2.24, 2.45) is 5.73 Å². The number of nitrogens with one attached hydrogen (secondary N) is 2. The highest BCUT2D eigenvalue weighted by atomic mass is 32.2. The van der Waals surface area contributed by atoms with Crippen LogP contribution in [0.25, 0.3) is 0 Å². The molecule has 0 aromatic carbocycles. The van der Waals surface area contributed by atoms with E-state index >= 15 is 0 Å². The normalized spacial score (nSPS) is 22.8. The van der Waals surface area contributed by atoms with E-state index in [1.807, 2.05) is 6.26 Å². The molecule has 5 N–H and O–H groups in total. The van der Waals surface area contributed by atoms with E-state index in [9.17, 15) is 19.5 Å². The summed E-state index contributed by atoms with van der Waals surface area (Å²) in [6.07, 6.45) is 1.98. The Labute approximate surface area is 107 Å². The van der Waals surface area contributed by atoms with Gasteiger partial charge in [-0.3, -0.25) is 19.3 Å². The van der Waals surface area contributed by atoms with E-state index in [1.165, 1.54) is 11.8 Å². The summed E-state index contributed by atoms with van der Waals surface area (Å²) in [4.78, 5) is 34.1. The van der Waals surface area contributed by atoms with Crippen LogP contribution in [0.5, 0.6) is 0 Å². The summed E-state index contributed by atoms with van der Waals surface area (Å²) in [6, 6.07) is 0. The van der Waals surface area contributed by atoms with Crippen molar-refractivity contribution in [3.05, 3.63) is 0 Å². The van der Waals surface area contributed by atoms with Gasteiger partial charge in [0, 0.05) is 6.42 Å². The van der Waals surface area contributed by atoms with Crippen molar-refractivity contribution in [1.29, 1.82) is 5.41 Å². The molecule has 1 atom stereocenters. The molecule has 1 heterocycles. The lowest BCUT2D eigenvalue weighted by Gasteiger charge is -2.31. The molecule has 0 spiro atoms. The van der Waals surface area contributed by atoms with Crippen LogP contribution < -0.4 is 11.1 Å². The minimum absolute atomic E-state index is 0.167. The number of hydrogen-bond acceptors (Lipinski definition) is 6. The first-order chi connectivity index (χ1) is 8.32. The Balaban J connectivity index is 2.95. The number of hydrogen-bond donors (Lipinski definition) is 4. The average Bonchev–Trinajstić information content (AvgIpc) is 2.61. The molecule has 0 aromatic rings. The van der Waals surface area contributed by atoms with Crippen LogP contribution in [0.1, 0.15) is 6.42 Å². The molecular weight excluding hydrogens is 260 g/mol. The molecule has 0 bridgehead atoms. The molecule has 0 unspecified atom stereocenters. The van der Waals surface area contributed by atoms with Gasteiger partial charge in [-0.1, -0.05) is 0 Å². The third kappa shape index (κ3) is 2.62. The standard InChI is InChI=1S/C9H14N4O4S/c1-18-3-2-5(10)9(17)12-6(14)4-13(9)8(16)7(11)15/h10,17H,2-4H2,1H3,(H2,11,15)(H,12,14)/t9-/m0/s1. The van der Waals surface area contributed by atoms with Crippen LogP contribution in [0.4, 0.5) is 0 Å². The van der Waals surface area contributed by atoms with Gasteiger partial charge in [0.2, 0.25) is 5.91 Å². The predicted molar refractivity (Wildman–Crippen MR) is 64.7 cm³/mol. The molecule has 1 rings (SSSR count). The second kappa shape index (κ2) is 5.36. The first-order valence-corrected chi connectivity index (χ1v) is 6.44. The number of rotatable bonds is 4. The van der Waals surface area contributed by atoms with Gasteiger partial charge in [0.1, 0.15) is 6.54 Å². The molecule has 8 nitrogen and oxygen atoms in total. The Morgan fingerprint density at radius 1 is 1.67 bits per heavy atom. The fourth-order valence-electron chi connectivity index (χ4n) is 1.53. The van der Waals surface area contributed by atoms with Gasteiger partial charge in [0.15, 0.2) is 0 Å². The van der Waals surface area contributed by atoms with Crippen LogP contribution in [-0.2, 0) is 14.4 Å². The Morgan fingerprint density at radius 2 is 2.28 bits per heavy atom. The number of aliphatic hydroxyl groups is 1. The van der Waals surface area contributed by atoms with Crippen LogP contribution in [0, 0.1) is 5.41 Å². The Bertz CT molecular complexity index is 413. The van der Waals surface area contributed by atoms with Crippen molar-refractivity contribution in [3.63, 3.8) is 0 Å². The number of carbonyl (C=O) groups excluding carboxylic acids is 3. The fourth-order valence-corrected chi connectivity index (χ4v) is 1.94. The molecule has 0 radical (unpaired) electrons. The van der Waals surface area contributed by atoms with E-state index < -0.39 is 30.1 Å². The third-order valence-corrected chi connectivity index (χ3v) is 3.05. The fraction of sp³-hybridized carbons (Fsp3) is 0.556. The Morgan fingerprint density at radius 3 is 2.78 bits per heavy atom. The minimum Gasteiger partial charge on any atom is -0.361 e. The number of nitrogens with two attached hydrogens (primary N) is 1. The molecular formula is C9H14N4O4S. The maximum atomic E-state index is 11.5. The summed E-state index contributed by atoms with van der Waals surface area (Å²) in [5.41, 5.74) is 4.56. The van der Waals surface area contributed by atoms with Gasteiger partial charge >= 0.3 is 11.8 Å². The lowest BCUT2D eigenvalue weighted by molar-refractivity contribution is -0.153. The summed E-state index contributed by atoms with van der Waals surface area (Å²) in [7, 11) is 0. The molecule has 1 fully saturated rings. The van der Waals surface area contributed by atoms with Crippen LogP contribution >= 0.6 is 11.8 Å². The van der Waals surface area contributed by atoms with Gasteiger partial charge in [0.05, 0.1) is 5.71 Å². The van der Waals surface area contributed by atoms with Gasteiger partial charge in [-0.2, -0.15) is 11.8 Å². The maximum absolute atomic E-state index is 11.5. The van der Waals surface area contributed by atoms with Crippen molar-refractivity contribution in [1.82, 2.24) is 10.2 Å². The SMILES string of the molecule is CSCCC(=N)[C@]1(O)NC(=O)CN1C(=O)C(N)=O. The van der Waals surface area contributed by atoms with E-state index in [4.69, 9.17) is 11.1 Å². The second-order valence-corrected chi connectivity index (χ2v) is 4.68. The summed E-state index contributed by atoms with van der Waals surface area (Å²) in [5.74, 6) is -4.86. The average molecular weight is 274 g/mol. The lowest BCUT2D eigenvalue weighted by atomic mass is 10.1. The van der Waals surface area contributed by atoms with E-state index in [1.54, 1.807) is 0 Å². The van der Waals surface area contributed by atoms with E-state index in [0.717, 1.165) is 0 Å². The van der Waals surface area contributed by atoms with E-state index in [0.29, 0.717) is 10.7 Å². The van der Waals surface area contributed by atoms with Gasteiger partial charge < -0.3 is 21.6 Å². The van der Waals surface area contributed by atoms with Crippen molar-refractivity contribution >= 4 is 35.2 Å². The molecule has 3 amide bonds. The van der Waals surface area contributed by atoms with E-state index in [-0.39, 0.29) is 12.1 Å². The predicted octanol–water partition coefficient (Wildman–Crippen LogP) is -2.15. The quantitative estimate of drug-likeness (QED) is 0.342. The van der Waals surface area contributed by atoms with Gasteiger partial charge in [-0.15, -0.1) is 0 Å². The highest BCUT2D eigenvalue weighted by Gasteiger charge is 2.50. The number of nitrogens with zero attached hydrogens (tertiary/aromatic N) is 1. The number of amides is 3. The van der Waals surface area contributed by atoms with Crippen LogP contribution in [0.15, 0.2) is 0 Å². The molecule has 0 aliphatic carbocycles. The second-order valence-electron chi connectivity index (χ2n) is 3.70. The molecule has 1 saturated heterocycles. The van der Waals surface area contributed by atoms with Gasteiger partial charge in [-0.05, 0) is 12.0 Å². The first-order valence-electron chi connectivity index (χ1n) is 5.04. The topological polar surface area (TPSA) is 137 Å². The minimum atomic E-state index is -2.25. The maximum Gasteiger partial charge on any atom is 0.316 e. The molecule has 18 heavy (non-hydrogen) atoms. The first kappa shape index (κ1) is 14.5. The van der Waals surface area contributed by atoms with Crippen molar-refractivity contribution < 1.29 is 19.5 Å². The van der Waals surface area contributed by atoms with Crippen LogP contribution in [-0.4, -0.2) is 57.8 Å². The number of thioether (sulfide) groups is 1. The number of primary amides is 1. The van der Waals surface area contributed by atoms with Gasteiger partial charge in [-0.25, -0.2) is 0 Å². The molecule has 0 saturated carbocycles. The zero-order valence-electron chi connectivity index (χ0n) is 9.73. The third-order valence-electron chi connectivity index (χ3n) is 2.44. The highest BCUT2D eigenvalue weighted by Crippen LogP contribution is 2.19. The highest BCUT2D eigenvalue weighted by molar-refractivity contribution is 7.98. The zero-order valence-corrected chi connectivity index (χ0v) is 10.5. The molecule has 1 aliphatic heterocycles. The molecule has 0 aromatic heterocycles.